The first-order valence-corrected chi connectivity index (χ1v) is 8.83. The zero-order valence-electron chi connectivity index (χ0n) is 14.6. The van der Waals surface area contributed by atoms with Gasteiger partial charge in [-0.15, -0.1) is 0 Å². The van der Waals surface area contributed by atoms with Gasteiger partial charge < -0.3 is 10.6 Å². The first-order valence-electron chi connectivity index (χ1n) is 8.83. The lowest BCUT2D eigenvalue weighted by molar-refractivity contribution is 0.0600. The van der Waals surface area contributed by atoms with Crippen LogP contribution in [0.15, 0.2) is 42.7 Å². The molecule has 1 saturated heterocycles. The Morgan fingerprint density at radius 2 is 2.07 bits per heavy atom. The molecule has 8 heteroatoms. The van der Waals surface area contributed by atoms with Crippen LogP contribution in [0.5, 0.6) is 0 Å². The van der Waals surface area contributed by atoms with Crippen molar-refractivity contribution >= 4 is 11.9 Å². The summed E-state index contributed by atoms with van der Waals surface area (Å²) >= 11 is 0. The average Bonchev–Trinajstić information content (AvgIpc) is 3.23. The van der Waals surface area contributed by atoms with Crippen molar-refractivity contribution in [2.24, 2.45) is 0 Å². The third-order valence-corrected chi connectivity index (χ3v) is 4.81. The molecule has 3 N–H and O–H groups in total. The first kappa shape index (κ1) is 17.1. The molecule has 138 valence electrons. The second kappa shape index (κ2) is 7.14. The van der Waals surface area contributed by atoms with Crippen molar-refractivity contribution in [3.63, 3.8) is 0 Å². The molecule has 3 heterocycles. The standard InChI is InChI=1S/C19H19FN6O/c20-14-6-2-1-5-12(14)13-11-22-19(21)24-17(13)16-7-3-4-10-26(16)18(27)15-8-9-23-25-15/h1-2,5-6,8-9,11,16H,3-4,7,10H2,(H,23,25)(H2,21,22,24). The molecule has 0 saturated carbocycles. The molecular weight excluding hydrogens is 347 g/mol. The third-order valence-electron chi connectivity index (χ3n) is 4.81. The number of hydrogen-bond donors (Lipinski definition) is 2. The van der Waals surface area contributed by atoms with Crippen LogP contribution >= 0.6 is 0 Å². The molecule has 3 aromatic rings. The molecule has 1 fully saturated rings. The number of aromatic amines is 1. The van der Waals surface area contributed by atoms with E-state index in [0.29, 0.717) is 29.1 Å². The molecule has 0 aliphatic carbocycles. The van der Waals surface area contributed by atoms with E-state index in [0.717, 1.165) is 19.3 Å². The van der Waals surface area contributed by atoms with Crippen molar-refractivity contribution in [3.05, 3.63) is 59.9 Å². The molecule has 7 nitrogen and oxygen atoms in total. The Labute approximate surface area is 155 Å². The van der Waals surface area contributed by atoms with Gasteiger partial charge in [0, 0.05) is 30.1 Å². The molecule has 1 aliphatic heterocycles. The molecule has 27 heavy (non-hydrogen) atoms. The van der Waals surface area contributed by atoms with Gasteiger partial charge in [-0.1, -0.05) is 18.2 Å². The molecule has 2 aromatic heterocycles. The first-order chi connectivity index (χ1) is 13.1. The zero-order valence-corrected chi connectivity index (χ0v) is 14.6. The summed E-state index contributed by atoms with van der Waals surface area (Å²) in [5, 5.41) is 6.57. The number of piperidine rings is 1. The number of halogens is 1. The molecule has 4 rings (SSSR count). The van der Waals surface area contributed by atoms with Crippen LogP contribution in [-0.4, -0.2) is 37.5 Å². The molecule has 1 aliphatic rings. The minimum atomic E-state index is -0.366. The van der Waals surface area contributed by atoms with Gasteiger partial charge in [-0.25, -0.2) is 14.4 Å². The van der Waals surface area contributed by atoms with Gasteiger partial charge in [0.15, 0.2) is 0 Å². The minimum absolute atomic E-state index is 0.101. The van der Waals surface area contributed by atoms with E-state index in [1.807, 2.05) is 0 Å². The molecular formula is C19H19FN6O. The van der Waals surface area contributed by atoms with Crippen LogP contribution in [0.2, 0.25) is 0 Å². The second-order valence-corrected chi connectivity index (χ2v) is 6.49. The van der Waals surface area contributed by atoms with Crippen molar-refractivity contribution in [1.82, 2.24) is 25.1 Å². The number of nitrogens with zero attached hydrogens (tertiary/aromatic N) is 4. The lowest BCUT2D eigenvalue weighted by Gasteiger charge is -2.36. The van der Waals surface area contributed by atoms with Gasteiger partial charge in [0.05, 0.1) is 11.7 Å². The highest BCUT2D eigenvalue weighted by atomic mass is 19.1. The van der Waals surface area contributed by atoms with Gasteiger partial charge >= 0.3 is 0 Å². The Bertz CT molecular complexity index is 959. The number of amides is 1. The molecule has 0 radical (unpaired) electrons. The van der Waals surface area contributed by atoms with Crippen LogP contribution in [-0.2, 0) is 0 Å². The SMILES string of the molecule is Nc1ncc(-c2ccccc2F)c(C2CCCCN2C(=O)c2ccn[nH]2)n1. The van der Waals surface area contributed by atoms with Crippen LogP contribution in [0, 0.1) is 5.82 Å². The maximum atomic E-state index is 14.4. The molecule has 1 aromatic carbocycles. The average molecular weight is 366 g/mol. The number of anilines is 1. The van der Waals surface area contributed by atoms with Gasteiger partial charge in [-0.2, -0.15) is 5.10 Å². The third kappa shape index (κ3) is 3.25. The van der Waals surface area contributed by atoms with E-state index in [1.54, 1.807) is 35.4 Å². The predicted octanol–water partition coefficient (Wildman–Crippen LogP) is 2.96. The van der Waals surface area contributed by atoms with Gasteiger partial charge in [0.25, 0.3) is 5.91 Å². The summed E-state index contributed by atoms with van der Waals surface area (Å²) in [5.41, 5.74) is 7.76. The number of aromatic nitrogens is 4. The number of nitrogens with one attached hydrogen (secondary N) is 1. The number of carbonyl (C=O) groups is 1. The van der Waals surface area contributed by atoms with Crippen LogP contribution in [0.3, 0.4) is 0 Å². The van der Waals surface area contributed by atoms with E-state index < -0.39 is 0 Å². The Kier molecular flexibility index (Phi) is 4.53. The van der Waals surface area contributed by atoms with Gasteiger partial charge in [0.1, 0.15) is 11.5 Å². The van der Waals surface area contributed by atoms with Gasteiger partial charge in [0.2, 0.25) is 5.95 Å². The maximum Gasteiger partial charge on any atom is 0.272 e. The smallest absolute Gasteiger partial charge is 0.272 e. The highest BCUT2D eigenvalue weighted by molar-refractivity contribution is 5.92. The summed E-state index contributed by atoms with van der Waals surface area (Å²) in [6.45, 7) is 0.586. The topological polar surface area (TPSA) is 101 Å². The second-order valence-electron chi connectivity index (χ2n) is 6.49. The van der Waals surface area contributed by atoms with Crippen LogP contribution < -0.4 is 5.73 Å². The number of nitrogen functional groups attached to an aromatic ring is 1. The monoisotopic (exact) mass is 366 g/mol. The van der Waals surface area contributed by atoms with E-state index in [-0.39, 0.29) is 23.7 Å². The number of H-pyrrole nitrogens is 1. The Morgan fingerprint density at radius 1 is 1.22 bits per heavy atom. The maximum absolute atomic E-state index is 14.4. The van der Waals surface area contributed by atoms with E-state index in [9.17, 15) is 9.18 Å². The van der Waals surface area contributed by atoms with Crippen molar-refractivity contribution in [1.29, 1.82) is 0 Å². The largest absolute Gasteiger partial charge is 0.368 e. The number of benzene rings is 1. The predicted molar refractivity (Wildman–Crippen MR) is 98.1 cm³/mol. The van der Waals surface area contributed by atoms with E-state index in [1.165, 1.54) is 12.3 Å². The van der Waals surface area contributed by atoms with E-state index >= 15 is 0 Å². The Balaban J connectivity index is 1.80. The lowest BCUT2D eigenvalue weighted by atomic mass is 9.93. The Morgan fingerprint density at radius 3 is 2.85 bits per heavy atom. The lowest BCUT2D eigenvalue weighted by Crippen LogP contribution is -2.39. The normalized spacial score (nSPS) is 17.1. The minimum Gasteiger partial charge on any atom is -0.368 e. The number of hydrogen-bond acceptors (Lipinski definition) is 5. The Hall–Kier alpha value is -3.29. The quantitative estimate of drug-likeness (QED) is 0.742. The number of carbonyl (C=O) groups excluding carboxylic acids is 1. The fraction of sp³-hybridized carbons (Fsp3) is 0.263. The van der Waals surface area contributed by atoms with Crippen LogP contribution in [0.4, 0.5) is 10.3 Å². The summed E-state index contributed by atoms with van der Waals surface area (Å²) in [7, 11) is 0. The van der Waals surface area contributed by atoms with Crippen molar-refractivity contribution < 1.29 is 9.18 Å². The molecule has 1 atom stereocenters. The zero-order chi connectivity index (χ0) is 18.8. The summed E-state index contributed by atoms with van der Waals surface area (Å²) in [6, 6.07) is 7.79. The van der Waals surface area contributed by atoms with Crippen molar-refractivity contribution in [3.8, 4) is 11.1 Å². The van der Waals surface area contributed by atoms with E-state index in [4.69, 9.17) is 5.73 Å². The summed E-state index contributed by atoms with van der Waals surface area (Å²) < 4.78 is 14.4. The fourth-order valence-electron chi connectivity index (χ4n) is 3.54. The summed E-state index contributed by atoms with van der Waals surface area (Å²) in [5.74, 6) is -0.423. The van der Waals surface area contributed by atoms with Crippen LogP contribution in [0.1, 0.15) is 41.5 Å². The molecule has 0 bridgehead atoms. The van der Waals surface area contributed by atoms with Crippen molar-refractivity contribution in [2.45, 2.75) is 25.3 Å². The molecule has 0 spiro atoms. The highest BCUT2D eigenvalue weighted by Crippen LogP contribution is 2.37. The van der Waals surface area contributed by atoms with Crippen LogP contribution in [0.25, 0.3) is 11.1 Å². The fourth-order valence-corrected chi connectivity index (χ4v) is 3.54. The van der Waals surface area contributed by atoms with Gasteiger partial charge in [-0.05, 0) is 31.4 Å². The van der Waals surface area contributed by atoms with E-state index in [2.05, 4.69) is 20.2 Å². The number of likely N-dealkylation sites (tertiary alicyclic amines) is 1. The summed E-state index contributed by atoms with van der Waals surface area (Å²) in [6.07, 6.45) is 5.63. The summed E-state index contributed by atoms with van der Waals surface area (Å²) in [4.78, 5) is 23.2. The van der Waals surface area contributed by atoms with Crippen molar-refractivity contribution in [2.75, 3.05) is 12.3 Å². The molecule has 1 amide bonds. The molecule has 1 unspecified atom stereocenters. The number of rotatable bonds is 3. The number of nitrogens with two attached hydrogens (primary N) is 1. The highest BCUT2D eigenvalue weighted by Gasteiger charge is 2.32. The van der Waals surface area contributed by atoms with Gasteiger partial charge in [-0.3, -0.25) is 9.89 Å².